The first-order valence-electron chi connectivity index (χ1n) is 6.55. The van der Waals surface area contributed by atoms with Gasteiger partial charge in [0.25, 0.3) is 0 Å². The van der Waals surface area contributed by atoms with Crippen molar-refractivity contribution in [3.05, 3.63) is 29.8 Å². The van der Waals surface area contributed by atoms with Crippen LogP contribution in [0.1, 0.15) is 12.5 Å². The van der Waals surface area contributed by atoms with Gasteiger partial charge in [-0.2, -0.15) is 0 Å². The van der Waals surface area contributed by atoms with Crippen LogP contribution in [0.25, 0.3) is 0 Å². The summed E-state index contributed by atoms with van der Waals surface area (Å²) in [6.07, 6.45) is -0.470. The van der Waals surface area contributed by atoms with Gasteiger partial charge in [0.15, 0.2) is 0 Å². The number of hydrogen-bond donors (Lipinski definition) is 3. The number of nitrogens with one attached hydrogen (secondary N) is 2. The highest BCUT2D eigenvalue weighted by atomic mass is 16.6. The molecule has 1 aromatic rings. The predicted octanol–water partition coefficient (Wildman–Crippen LogP) is 0.192. The van der Waals surface area contributed by atoms with Crippen molar-refractivity contribution in [2.24, 2.45) is 5.73 Å². The van der Waals surface area contributed by atoms with Crippen LogP contribution in [-0.2, 0) is 20.7 Å². The zero-order valence-corrected chi connectivity index (χ0v) is 11.6. The van der Waals surface area contributed by atoms with Gasteiger partial charge in [-0.1, -0.05) is 18.2 Å². The minimum atomic E-state index is -0.700. The summed E-state index contributed by atoms with van der Waals surface area (Å²) in [5.74, 6) is -0.0762. The summed E-state index contributed by atoms with van der Waals surface area (Å²) in [4.78, 5) is 32.0. The summed E-state index contributed by atoms with van der Waals surface area (Å²) in [6.45, 7) is 1.69. The number of cyclic esters (lactones) is 1. The molecule has 3 rings (SSSR count). The van der Waals surface area contributed by atoms with Crippen molar-refractivity contribution >= 4 is 23.5 Å². The Morgan fingerprint density at radius 1 is 1.38 bits per heavy atom. The van der Waals surface area contributed by atoms with Crippen LogP contribution in [-0.4, -0.2) is 36.5 Å². The molecule has 0 radical (unpaired) electrons. The lowest BCUT2D eigenvalue weighted by molar-refractivity contribution is -0.120. The van der Waals surface area contributed by atoms with E-state index in [-0.39, 0.29) is 11.7 Å². The number of rotatable bonds is 2. The van der Waals surface area contributed by atoms with E-state index in [0.29, 0.717) is 13.0 Å². The van der Waals surface area contributed by atoms with Crippen LogP contribution in [0.15, 0.2) is 24.3 Å². The fraction of sp³-hybridized carbons (Fsp3) is 0.357. The minimum absolute atomic E-state index is 0.0983. The summed E-state index contributed by atoms with van der Waals surface area (Å²) >= 11 is 0. The van der Waals surface area contributed by atoms with Crippen LogP contribution in [0.3, 0.4) is 0 Å². The van der Waals surface area contributed by atoms with Gasteiger partial charge in [0.2, 0.25) is 5.91 Å². The van der Waals surface area contributed by atoms with Crippen LogP contribution >= 0.6 is 0 Å². The standard InChI is InChI=1S/C8H7NO.C6H10N2O3/c10-8-5-6-3-1-2-4-7(6)9-8;1-3(9)5(7)4-2-8-6(10)11-4/h1-4H,5H2,(H,9,10);4-5H,2,7H2,1H3,(H,8,10). The van der Waals surface area contributed by atoms with E-state index >= 15 is 0 Å². The summed E-state index contributed by atoms with van der Waals surface area (Å²) in [7, 11) is 0. The van der Waals surface area contributed by atoms with Gasteiger partial charge in [-0.3, -0.25) is 9.59 Å². The van der Waals surface area contributed by atoms with E-state index in [4.69, 9.17) is 5.73 Å². The van der Waals surface area contributed by atoms with E-state index in [1.807, 2.05) is 24.3 Å². The Balaban J connectivity index is 0.000000154. The fourth-order valence-electron chi connectivity index (χ4n) is 2.03. The molecule has 1 fully saturated rings. The van der Waals surface area contributed by atoms with Crippen LogP contribution in [0, 0.1) is 0 Å². The van der Waals surface area contributed by atoms with Crippen LogP contribution in [0.2, 0.25) is 0 Å². The molecule has 2 amide bonds. The number of alkyl carbamates (subject to hydrolysis) is 1. The summed E-state index contributed by atoms with van der Waals surface area (Å²) in [5.41, 5.74) is 7.49. The van der Waals surface area contributed by atoms with Gasteiger partial charge >= 0.3 is 6.09 Å². The maximum absolute atomic E-state index is 10.8. The lowest BCUT2D eigenvalue weighted by Gasteiger charge is -2.12. The molecule has 4 N–H and O–H groups in total. The summed E-state index contributed by atoms with van der Waals surface area (Å²) in [5, 5.41) is 5.17. The highest BCUT2D eigenvalue weighted by molar-refractivity contribution is 5.98. The van der Waals surface area contributed by atoms with Gasteiger partial charge in [-0.05, 0) is 18.6 Å². The molecule has 2 aliphatic rings. The monoisotopic (exact) mass is 291 g/mol. The van der Waals surface area contributed by atoms with Crippen molar-refractivity contribution in [2.45, 2.75) is 25.5 Å². The summed E-state index contributed by atoms with van der Waals surface area (Å²) < 4.78 is 4.69. The normalized spacial score (nSPS) is 20.4. The average molecular weight is 291 g/mol. The number of ether oxygens (including phenoxy) is 1. The Hall–Kier alpha value is -2.41. The zero-order chi connectivity index (χ0) is 15.4. The SMILES string of the molecule is CC(=O)C(N)C1CNC(=O)O1.O=C1Cc2ccccc2N1. The van der Waals surface area contributed by atoms with Gasteiger partial charge in [0, 0.05) is 5.69 Å². The number of anilines is 1. The number of nitrogens with two attached hydrogens (primary N) is 1. The highest BCUT2D eigenvalue weighted by Crippen LogP contribution is 2.20. The number of amides is 2. The Morgan fingerprint density at radius 2 is 2.10 bits per heavy atom. The third-order valence-electron chi connectivity index (χ3n) is 3.22. The zero-order valence-electron chi connectivity index (χ0n) is 11.6. The third-order valence-corrected chi connectivity index (χ3v) is 3.22. The van der Waals surface area contributed by atoms with E-state index in [1.165, 1.54) is 6.92 Å². The van der Waals surface area contributed by atoms with Crippen molar-refractivity contribution < 1.29 is 19.1 Å². The molecule has 0 saturated carbocycles. The molecular weight excluding hydrogens is 274 g/mol. The molecule has 112 valence electrons. The van der Waals surface area contributed by atoms with Gasteiger partial charge in [0.1, 0.15) is 17.9 Å². The molecule has 0 bridgehead atoms. The maximum Gasteiger partial charge on any atom is 0.407 e. The fourth-order valence-corrected chi connectivity index (χ4v) is 2.03. The Morgan fingerprint density at radius 3 is 2.67 bits per heavy atom. The van der Waals surface area contributed by atoms with E-state index in [2.05, 4.69) is 15.4 Å². The lowest BCUT2D eigenvalue weighted by atomic mass is 10.1. The van der Waals surface area contributed by atoms with Gasteiger partial charge in [-0.15, -0.1) is 0 Å². The van der Waals surface area contributed by atoms with Crippen LogP contribution < -0.4 is 16.4 Å². The molecule has 0 aromatic heterocycles. The van der Waals surface area contributed by atoms with E-state index in [1.54, 1.807) is 0 Å². The average Bonchev–Trinajstić information content (AvgIpc) is 3.03. The second kappa shape index (κ2) is 6.36. The number of hydrogen-bond acceptors (Lipinski definition) is 5. The molecule has 0 aliphatic carbocycles. The Labute approximate surface area is 121 Å². The lowest BCUT2D eigenvalue weighted by Crippen LogP contribution is -2.42. The second-order valence-corrected chi connectivity index (χ2v) is 4.84. The number of Topliss-reactive ketones (excluding diaryl/α,β-unsaturated/α-hetero) is 1. The first kappa shape index (κ1) is 15.0. The molecule has 2 unspecified atom stereocenters. The molecule has 21 heavy (non-hydrogen) atoms. The minimum Gasteiger partial charge on any atom is -0.442 e. The number of benzene rings is 1. The molecule has 7 nitrogen and oxygen atoms in total. The van der Waals surface area contributed by atoms with E-state index < -0.39 is 18.2 Å². The quantitative estimate of drug-likeness (QED) is 0.720. The number of carbonyl (C=O) groups is 3. The number of fused-ring (bicyclic) bond motifs is 1. The molecule has 1 saturated heterocycles. The Bertz CT molecular complexity index is 546. The van der Waals surface area contributed by atoms with E-state index in [0.717, 1.165) is 11.3 Å². The maximum atomic E-state index is 10.8. The number of ketones is 1. The van der Waals surface area contributed by atoms with Crippen molar-refractivity contribution in [1.82, 2.24) is 5.32 Å². The van der Waals surface area contributed by atoms with E-state index in [9.17, 15) is 14.4 Å². The molecule has 2 atom stereocenters. The number of carbonyl (C=O) groups excluding carboxylic acids is 3. The molecule has 0 spiro atoms. The van der Waals surface area contributed by atoms with Gasteiger partial charge < -0.3 is 21.1 Å². The highest BCUT2D eigenvalue weighted by Gasteiger charge is 2.30. The van der Waals surface area contributed by atoms with Crippen LogP contribution in [0.4, 0.5) is 10.5 Å². The first-order chi connectivity index (χ1) is 9.97. The molecule has 7 heteroatoms. The molecule has 2 aliphatic heterocycles. The molecule has 1 aromatic carbocycles. The van der Waals surface area contributed by atoms with Crippen molar-refractivity contribution in [1.29, 1.82) is 0 Å². The number of para-hydroxylation sites is 1. The molecule has 2 heterocycles. The topological polar surface area (TPSA) is 111 Å². The molecular formula is C14H17N3O4. The van der Waals surface area contributed by atoms with Crippen LogP contribution in [0.5, 0.6) is 0 Å². The summed E-state index contributed by atoms with van der Waals surface area (Å²) in [6, 6.07) is 7.05. The van der Waals surface area contributed by atoms with Crippen molar-refractivity contribution in [3.8, 4) is 0 Å². The third kappa shape index (κ3) is 3.79. The first-order valence-corrected chi connectivity index (χ1v) is 6.55. The second-order valence-electron chi connectivity index (χ2n) is 4.84. The largest absolute Gasteiger partial charge is 0.442 e. The Kier molecular flexibility index (Phi) is 4.54. The van der Waals surface area contributed by atoms with Crippen molar-refractivity contribution in [3.63, 3.8) is 0 Å². The predicted molar refractivity (Wildman–Crippen MR) is 75.7 cm³/mol. The van der Waals surface area contributed by atoms with Crippen molar-refractivity contribution in [2.75, 3.05) is 11.9 Å². The van der Waals surface area contributed by atoms with Gasteiger partial charge in [-0.25, -0.2) is 4.79 Å². The van der Waals surface area contributed by atoms with Gasteiger partial charge in [0.05, 0.1) is 13.0 Å². The smallest absolute Gasteiger partial charge is 0.407 e.